The summed E-state index contributed by atoms with van der Waals surface area (Å²) >= 11 is 0. The second-order valence-corrected chi connectivity index (χ2v) is 6.65. The van der Waals surface area contributed by atoms with E-state index in [0.29, 0.717) is 12.0 Å². The number of rotatable bonds is 5. The summed E-state index contributed by atoms with van der Waals surface area (Å²) < 4.78 is 16.7. The number of nitrogens with zero attached hydrogens (tertiary/aromatic N) is 3. The van der Waals surface area contributed by atoms with E-state index in [2.05, 4.69) is 10.2 Å². The molecule has 0 spiro atoms. The Balaban J connectivity index is 1.41. The number of esters is 1. The molecule has 2 heterocycles. The Kier molecular flexibility index (Phi) is 4.94. The molecule has 0 radical (unpaired) electrons. The molecule has 0 N–H and O–H groups in total. The van der Waals surface area contributed by atoms with Gasteiger partial charge in [0.2, 0.25) is 5.89 Å². The standard InChI is InChI=1S/C20H17N3O6/c1-12(28-20(24)15-10-14-4-2-3-5-17(14)27-11-15)18-21-22-19(29-18)13-6-8-16(9-7-13)23(25)26/h2-9,12,15H,10-11H2,1H3/t12-,15+/m0/s1. The number of hydrogen-bond donors (Lipinski definition) is 0. The maximum Gasteiger partial charge on any atom is 0.313 e. The van der Waals surface area contributed by atoms with Gasteiger partial charge in [0.25, 0.3) is 11.6 Å². The van der Waals surface area contributed by atoms with Gasteiger partial charge in [0.05, 0.1) is 10.8 Å². The van der Waals surface area contributed by atoms with Gasteiger partial charge in [0, 0.05) is 17.7 Å². The molecular formula is C20H17N3O6. The molecule has 0 unspecified atom stereocenters. The van der Waals surface area contributed by atoms with E-state index < -0.39 is 22.9 Å². The molecule has 0 amide bonds. The summed E-state index contributed by atoms with van der Waals surface area (Å²) in [6, 6.07) is 13.3. The number of carbonyl (C=O) groups is 1. The smallest absolute Gasteiger partial charge is 0.313 e. The second-order valence-electron chi connectivity index (χ2n) is 6.65. The van der Waals surface area contributed by atoms with E-state index in [-0.39, 0.29) is 24.1 Å². The molecule has 3 aromatic rings. The van der Waals surface area contributed by atoms with Gasteiger partial charge in [-0.2, -0.15) is 0 Å². The molecule has 0 bridgehead atoms. The van der Waals surface area contributed by atoms with Crippen LogP contribution in [0, 0.1) is 16.0 Å². The maximum atomic E-state index is 12.5. The third kappa shape index (κ3) is 3.93. The van der Waals surface area contributed by atoms with Gasteiger partial charge < -0.3 is 13.9 Å². The molecule has 0 fully saturated rings. The largest absolute Gasteiger partial charge is 0.492 e. The maximum absolute atomic E-state index is 12.5. The molecule has 1 aliphatic rings. The molecule has 0 saturated heterocycles. The molecule has 9 nitrogen and oxygen atoms in total. The van der Waals surface area contributed by atoms with Gasteiger partial charge in [-0.1, -0.05) is 18.2 Å². The van der Waals surface area contributed by atoms with E-state index in [0.717, 1.165) is 11.3 Å². The Morgan fingerprint density at radius 2 is 1.97 bits per heavy atom. The summed E-state index contributed by atoms with van der Waals surface area (Å²) in [7, 11) is 0. The van der Waals surface area contributed by atoms with Gasteiger partial charge in [0.1, 0.15) is 12.4 Å². The molecular weight excluding hydrogens is 378 g/mol. The molecule has 9 heteroatoms. The van der Waals surface area contributed by atoms with Crippen molar-refractivity contribution in [3.05, 3.63) is 70.1 Å². The Morgan fingerprint density at radius 1 is 1.21 bits per heavy atom. The molecule has 4 rings (SSSR count). The van der Waals surface area contributed by atoms with Crippen molar-refractivity contribution < 1.29 is 23.6 Å². The number of non-ortho nitro benzene ring substituents is 1. The number of para-hydroxylation sites is 1. The van der Waals surface area contributed by atoms with Crippen LogP contribution in [0.3, 0.4) is 0 Å². The zero-order valence-corrected chi connectivity index (χ0v) is 15.5. The van der Waals surface area contributed by atoms with E-state index in [4.69, 9.17) is 13.9 Å². The first-order chi connectivity index (χ1) is 14.0. The number of hydrogen-bond acceptors (Lipinski definition) is 8. The highest BCUT2D eigenvalue weighted by atomic mass is 16.6. The zero-order chi connectivity index (χ0) is 20.4. The summed E-state index contributed by atoms with van der Waals surface area (Å²) in [5.41, 5.74) is 1.46. The molecule has 1 aliphatic heterocycles. The molecule has 148 valence electrons. The number of nitro groups is 1. The Labute approximate surface area is 165 Å². The summed E-state index contributed by atoms with van der Waals surface area (Å²) in [5, 5.41) is 18.6. The first kappa shape index (κ1) is 18.6. The van der Waals surface area contributed by atoms with Gasteiger partial charge in [-0.05, 0) is 37.1 Å². The van der Waals surface area contributed by atoms with E-state index in [9.17, 15) is 14.9 Å². The van der Waals surface area contributed by atoms with Gasteiger partial charge in [-0.3, -0.25) is 14.9 Å². The molecule has 2 aromatic carbocycles. The third-order valence-corrected chi connectivity index (χ3v) is 4.62. The average molecular weight is 395 g/mol. The fourth-order valence-corrected chi connectivity index (χ4v) is 3.04. The third-order valence-electron chi connectivity index (χ3n) is 4.62. The summed E-state index contributed by atoms with van der Waals surface area (Å²) in [5.74, 6) is 0.303. The molecule has 2 atom stereocenters. The lowest BCUT2D eigenvalue weighted by Crippen LogP contribution is -2.30. The van der Waals surface area contributed by atoms with Crippen LogP contribution >= 0.6 is 0 Å². The van der Waals surface area contributed by atoms with E-state index >= 15 is 0 Å². The lowest BCUT2D eigenvalue weighted by atomic mass is 9.97. The fourth-order valence-electron chi connectivity index (χ4n) is 3.04. The minimum atomic E-state index is -0.737. The van der Waals surface area contributed by atoms with Gasteiger partial charge in [-0.15, -0.1) is 10.2 Å². The lowest BCUT2D eigenvalue weighted by molar-refractivity contribution is -0.384. The number of fused-ring (bicyclic) bond motifs is 1. The van der Waals surface area contributed by atoms with Crippen molar-refractivity contribution in [1.29, 1.82) is 0 Å². The van der Waals surface area contributed by atoms with Crippen LogP contribution in [0.4, 0.5) is 5.69 Å². The minimum absolute atomic E-state index is 0.0351. The van der Waals surface area contributed by atoms with Crippen molar-refractivity contribution in [2.75, 3.05) is 6.61 Å². The predicted molar refractivity (Wildman–Crippen MR) is 100 cm³/mol. The monoisotopic (exact) mass is 395 g/mol. The van der Waals surface area contributed by atoms with Crippen LogP contribution < -0.4 is 4.74 Å². The number of ether oxygens (including phenoxy) is 2. The van der Waals surface area contributed by atoms with Crippen LogP contribution in [0.25, 0.3) is 11.5 Å². The summed E-state index contributed by atoms with van der Waals surface area (Å²) in [4.78, 5) is 22.8. The first-order valence-corrected chi connectivity index (χ1v) is 9.00. The van der Waals surface area contributed by atoms with E-state index in [1.807, 2.05) is 24.3 Å². The number of benzene rings is 2. The predicted octanol–water partition coefficient (Wildman–Crippen LogP) is 3.50. The van der Waals surface area contributed by atoms with Gasteiger partial charge >= 0.3 is 5.97 Å². The van der Waals surface area contributed by atoms with Crippen LogP contribution in [0.15, 0.2) is 52.9 Å². The average Bonchev–Trinajstić information content (AvgIpc) is 3.24. The van der Waals surface area contributed by atoms with Crippen LogP contribution in [0.1, 0.15) is 24.5 Å². The van der Waals surface area contributed by atoms with Crippen LogP contribution in [0.5, 0.6) is 5.75 Å². The van der Waals surface area contributed by atoms with Gasteiger partial charge in [0.15, 0.2) is 6.10 Å². The highest BCUT2D eigenvalue weighted by molar-refractivity contribution is 5.74. The Morgan fingerprint density at radius 3 is 2.72 bits per heavy atom. The van der Waals surface area contributed by atoms with Crippen molar-refractivity contribution in [2.24, 2.45) is 5.92 Å². The molecule has 1 aromatic heterocycles. The van der Waals surface area contributed by atoms with Crippen LogP contribution in [-0.4, -0.2) is 27.7 Å². The number of aromatic nitrogens is 2. The Bertz CT molecular complexity index is 1050. The molecule has 0 aliphatic carbocycles. The van der Waals surface area contributed by atoms with Crippen molar-refractivity contribution in [3.63, 3.8) is 0 Å². The highest BCUT2D eigenvalue weighted by Crippen LogP contribution is 2.29. The van der Waals surface area contributed by atoms with E-state index in [1.165, 1.54) is 24.3 Å². The number of nitro benzene ring substituents is 1. The van der Waals surface area contributed by atoms with Crippen molar-refractivity contribution >= 4 is 11.7 Å². The zero-order valence-electron chi connectivity index (χ0n) is 15.5. The van der Waals surface area contributed by atoms with Crippen molar-refractivity contribution in [3.8, 4) is 17.2 Å². The highest BCUT2D eigenvalue weighted by Gasteiger charge is 2.29. The summed E-state index contributed by atoms with van der Waals surface area (Å²) in [6.45, 7) is 1.89. The number of carbonyl (C=O) groups excluding carboxylic acids is 1. The second kappa shape index (κ2) is 7.70. The van der Waals surface area contributed by atoms with Crippen LogP contribution in [0.2, 0.25) is 0 Å². The minimum Gasteiger partial charge on any atom is -0.492 e. The topological polar surface area (TPSA) is 118 Å². The SMILES string of the molecule is C[C@H](OC(=O)[C@H]1COc2ccccc2C1)c1nnc(-c2ccc([N+](=O)[O-])cc2)o1. The fraction of sp³-hybridized carbons (Fsp3) is 0.250. The van der Waals surface area contributed by atoms with Crippen molar-refractivity contribution in [1.82, 2.24) is 10.2 Å². The van der Waals surface area contributed by atoms with E-state index in [1.54, 1.807) is 6.92 Å². The van der Waals surface area contributed by atoms with Crippen molar-refractivity contribution in [2.45, 2.75) is 19.4 Å². The molecule has 29 heavy (non-hydrogen) atoms. The first-order valence-electron chi connectivity index (χ1n) is 9.00. The Hall–Kier alpha value is -3.75. The lowest BCUT2D eigenvalue weighted by Gasteiger charge is -2.24. The van der Waals surface area contributed by atoms with Crippen LogP contribution in [-0.2, 0) is 16.0 Å². The molecule has 0 saturated carbocycles. The van der Waals surface area contributed by atoms with Gasteiger partial charge in [-0.25, -0.2) is 0 Å². The normalized spacial score (nSPS) is 16.4. The quantitative estimate of drug-likeness (QED) is 0.366. The summed E-state index contributed by atoms with van der Waals surface area (Å²) in [6.07, 6.45) is -0.196.